The van der Waals surface area contributed by atoms with Crippen LogP contribution in [0.1, 0.15) is 113 Å². The molecule has 0 spiro atoms. The maximum Gasteiger partial charge on any atom is 0.340 e. The van der Waals surface area contributed by atoms with Crippen molar-refractivity contribution in [3.05, 3.63) is 227 Å². The smallest absolute Gasteiger partial charge is 0.340 e. The molecule has 410 valence electrons. The van der Waals surface area contributed by atoms with Gasteiger partial charge in [0.15, 0.2) is 0 Å². The van der Waals surface area contributed by atoms with Gasteiger partial charge in [-0.15, -0.1) is 0 Å². The largest absolute Gasteiger partial charge is 0.497 e. The van der Waals surface area contributed by atoms with Crippen molar-refractivity contribution in [1.82, 2.24) is 0 Å². The minimum atomic E-state index is -0.377. The molecule has 0 bridgehead atoms. The fourth-order valence-electron chi connectivity index (χ4n) is 13.6. The predicted octanol–water partition coefficient (Wildman–Crippen LogP) is 19.7. The lowest BCUT2D eigenvalue weighted by atomic mass is 9.37. The molecule has 3 atom stereocenters. The molecule has 6 aliphatic rings. The number of hydrogen-bond acceptors (Lipinski definition) is 6. The highest BCUT2D eigenvalue weighted by Crippen LogP contribution is 2.58. The summed E-state index contributed by atoms with van der Waals surface area (Å²) in [6.07, 6.45) is 15.9. The van der Waals surface area contributed by atoms with Crippen molar-refractivity contribution >= 4 is 86.1 Å². The molecular weight excluding hydrogens is 1020 g/mol. The summed E-state index contributed by atoms with van der Waals surface area (Å²) in [7, 11) is 0. The summed E-state index contributed by atoms with van der Waals surface area (Å²) in [6.45, 7) is 27.3. The van der Waals surface area contributed by atoms with Gasteiger partial charge in [0.25, 0.3) is 0 Å². The molecule has 2 aliphatic carbocycles. The van der Waals surface area contributed by atoms with Crippen LogP contribution >= 0.6 is 11.8 Å². The van der Waals surface area contributed by atoms with Gasteiger partial charge in [-0.3, -0.25) is 0 Å². The van der Waals surface area contributed by atoms with Gasteiger partial charge in [0.2, 0.25) is 0 Å². The Bertz CT molecular complexity index is 4010. The van der Waals surface area contributed by atoms with Crippen molar-refractivity contribution in [2.45, 2.75) is 128 Å². The van der Waals surface area contributed by atoms with Crippen molar-refractivity contribution in [2.75, 3.05) is 14.7 Å². The lowest BCUT2D eigenvalue weighted by Crippen LogP contribution is -2.55. The molecule has 0 saturated heterocycles. The van der Waals surface area contributed by atoms with E-state index in [4.69, 9.17) is 9.15 Å². The van der Waals surface area contributed by atoms with Crippen LogP contribution in [0.3, 0.4) is 0 Å². The van der Waals surface area contributed by atoms with Gasteiger partial charge in [0, 0.05) is 49.4 Å². The normalized spacial score (nSPS) is 19.2. The van der Waals surface area contributed by atoms with Crippen molar-refractivity contribution in [3.63, 3.8) is 0 Å². The number of para-hydroxylation sites is 3. The zero-order valence-electron chi connectivity index (χ0n) is 49.7. The standard InChI is InChI=1S/C75H74BN3O2S/c1-72(2,3)48-32-28-46(29-33-48)55-20-13-14-21-57-66-70(80-68(55)57)76-65-61(78(66)52-40-36-50(37-41-52)74(7,8)9)44-54(77-59-24-15-17-26-63(59)82-64-27-18-16-25-60(64)77)45-62(65)79(53-42-38-51(39-43-53)75(10,11)12)67-58-23-19-22-56(69(58)81-71(67)76)47-30-34-49(35-31-47)73(4,5)6/h13-20,22-32,34-45,48,57,68H,21,33H2,1-12H3. The average molecular weight is 1090 g/mol. The molecule has 0 radical (unpaired) electrons. The third kappa shape index (κ3) is 8.58. The molecule has 82 heavy (non-hydrogen) atoms. The second kappa shape index (κ2) is 19.0. The molecule has 5 heterocycles. The molecule has 5 nitrogen and oxygen atoms in total. The molecule has 0 N–H and O–H groups in total. The van der Waals surface area contributed by atoms with Gasteiger partial charge in [-0.1, -0.05) is 216 Å². The quantitative estimate of drug-likeness (QED) is 0.160. The van der Waals surface area contributed by atoms with Gasteiger partial charge in [-0.25, -0.2) is 0 Å². The van der Waals surface area contributed by atoms with E-state index in [0.717, 1.165) is 91.8 Å². The van der Waals surface area contributed by atoms with Gasteiger partial charge in [-0.2, -0.15) is 0 Å². The first-order valence-electron chi connectivity index (χ1n) is 29.7. The highest BCUT2D eigenvalue weighted by atomic mass is 32.2. The van der Waals surface area contributed by atoms with E-state index < -0.39 is 0 Å². The maximum absolute atomic E-state index is 8.00. The van der Waals surface area contributed by atoms with Crippen molar-refractivity contribution in [2.24, 2.45) is 17.3 Å². The number of rotatable bonds is 5. The molecule has 0 fully saturated rings. The van der Waals surface area contributed by atoms with E-state index in [1.807, 2.05) is 11.8 Å². The fourth-order valence-corrected chi connectivity index (χ4v) is 14.6. The zero-order valence-corrected chi connectivity index (χ0v) is 50.5. The Morgan fingerprint density at radius 3 is 1.71 bits per heavy atom. The highest BCUT2D eigenvalue weighted by Gasteiger charge is 2.56. The third-order valence-corrected chi connectivity index (χ3v) is 19.3. The Balaban J connectivity index is 1.08. The molecule has 4 aliphatic heterocycles. The van der Waals surface area contributed by atoms with Gasteiger partial charge in [-0.05, 0) is 146 Å². The van der Waals surface area contributed by atoms with Crippen LogP contribution in [0.4, 0.5) is 45.5 Å². The monoisotopic (exact) mass is 1090 g/mol. The van der Waals surface area contributed by atoms with Gasteiger partial charge in [0.05, 0.1) is 34.1 Å². The van der Waals surface area contributed by atoms with E-state index in [-0.39, 0.29) is 40.4 Å². The first kappa shape index (κ1) is 52.5. The Morgan fingerprint density at radius 1 is 0.561 bits per heavy atom. The zero-order chi connectivity index (χ0) is 56.8. The Hall–Kier alpha value is -7.61. The van der Waals surface area contributed by atoms with Crippen molar-refractivity contribution < 1.29 is 9.15 Å². The molecule has 3 unspecified atom stereocenters. The number of allylic oxidation sites excluding steroid dienone is 6. The third-order valence-electron chi connectivity index (χ3n) is 18.2. The number of benzene rings is 7. The SMILES string of the molecule is CC(C)(C)c1ccc(-c2cccc3c4c(oc23)B2C3=C(C5CC=CC=C(C6=CCC(C(C)(C)C)C=C6)C5O3)N(c3ccc(C(C)(C)C)cc3)c3cc(N5c6ccccc6Sc6ccccc65)cc(c32)N4c2ccc(C(C)(C)C)cc2)cc1. The predicted molar refractivity (Wildman–Crippen MR) is 347 cm³/mol. The lowest BCUT2D eigenvalue weighted by molar-refractivity contribution is 0.160. The Morgan fingerprint density at radius 2 is 1.13 bits per heavy atom. The van der Waals surface area contributed by atoms with Gasteiger partial charge < -0.3 is 23.9 Å². The molecule has 0 saturated carbocycles. The lowest BCUT2D eigenvalue weighted by Gasteiger charge is -2.43. The van der Waals surface area contributed by atoms with E-state index in [1.54, 1.807) is 0 Å². The summed E-state index contributed by atoms with van der Waals surface area (Å²) in [5.41, 5.74) is 22.7. The summed E-state index contributed by atoms with van der Waals surface area (Å²) in [6, 6.07) is 57.4. The maximum atomic E-state index is 8.00. The first-order chi connectivity index (χ1) is 39.2. The molecule has 1 aromatic heterocycles. The molecule has 7 heteroatoms. The Labute approximate surface area is 490 Å². The molecule has 8 aromatic rings. The van der Waals surface area contributed by atoms with Crippen molar-refractivity contribution in [1.29, 1.82) is 0 Å². The summed E-state index contributed by atoms with van der Waals surface area (Å²) in [4.78, 5) is 10.1. The summed E-state index contributed by atoms with van der Waals surface area (Å²) >= 11 is 1.85. The highest BCUT2D eigenvalue weighted by molar-refractivity contribution is 7.99. The van der Waals surface area contributed by atoms with Crippen LogP contribution in [-0.2, 0) is 21.0 Å². The van der Waals surface area contributed by atoms with Gasteiger partial charge >= 0.3 is 6.71 Å². The number of anilines is 8. The van der Waals surface area contributed by atoms with Crippen LogP contribution < -0.4 is 25.8 Å². The van der Waals surface area contributed by atoms with Crippen LogP contribution in [0, 0.1) is 17.3 Å². The Kier molecular flexibility index (Phi) is 12.1. The number of ether oxygens (including phenoxy) is 1. The molecule has 14 rings (SSSR count). The first-order valence-corrected chi connectivity index (χ1v) is 30.5. The minimum Gasteiger partial charge on any atom is -0.497 e. The summed E-state index contributed by atoms with van der Waals surface area (Å²) < 4.78 is 15.8. The molecular formula is C75H74BN3O2S. The van der Waals surface area contributed by atoms with Gasteiger partial charge in [0.1, 0.15) is 17.3 Å². The van der Waals surface area contributed by atoms with E-state index >= 15 is 0 Å². The topological polar surface area (TPSA) is 32.1 Å². The second-order valence-electron chi connectivity index (χ2n) is 27.7. The van der Waals surface area contributed by atoms with Crippen LogP contribution in [0.25, 0.3) is 22.1 Å². The number of nitrogens with zero attached hydrogens (tertiary/aromatic N) is 3. The van der Waals surface area contributed by atoms with E-state index in [9.17, 15) is 0 Å². The van der Waals surface area contributed by atoms with E-state index in [1.165, 1.54) is 48.8 Å². The number of fused-ring (bicyclic) bond motifs is 9. The number of hydrogen-bond donors (Lipinski definition) is 0. The van der Waals surface area contributed by atoms with Crippen LogP contribution in [0.2, 0.25) is 0 Å². The van der Waals surface area contributed by atoms with Crippen LogP contribution in [-0.4, -0.2) is 12.8 Å². The number of furan rings is 1. The fraction of sp³-hybridized carbons (Fsp3) is 0.280. The summed E-state index contributed by atoms with van der Waals surface area (Å²) in [5, 5.41) is 1.07. The average Bonchev–Trinajstić information content (AvgIpc) is 3.47. The van der Waals surface area contributed by atoms with E-state index in [0.29, 0.717) is 5.92 Å². The van der Waals surface area contributed by atoms with Crippen LogP contribution in [0.15, 0.2) is 225 Å². The minimum absolute atomic E-state index is 0.0160. The van der Waals surface area contributed by atoms with Crippen LogP contribution in [0.5, 0.6) is 0 Å². The van der Waals surface area contributed by atoms with Crippen molar-refractivity contribution in [3.8, 4) is 11.1 Å². The van der Waals surface area contributed by atoms with E-state index in [2.05, 4.69) is 286 Å². The summed E-state index contributed by atoms with van der Waals surface area (Å²) in [5.74, 6) is 0.441. The molecule has 7 aromatic carbocycles. The second-order valence-corrected chi connectivity index (χ2v) is 28.8. The molecule has 0 amide bonds.